The molecular formula is C22H20N4O. The Bertz CT molecular complexity index is 1070. The molecule has 4 rings (SSSR count). The number of rotatable bonds is 4. The van der Waals surface area contributed by atoms with Crippen LogP contribution < -0.4 is 10.6 Å². The molecular weight excluding hydrogens is 336 g/mol. The normalized spacial score (nSPS) is 12.1. The van der Waals surface area contributed by atoms with Gasteiger partial charge in [-0.3, -0.25) is 9.69 Å². The summed E-state index contributed by atoms with van der Waals surface area (Å²) in [6.07, 6.45) is 3.53. The molecule has 2 aromatic carbocycles. The van der Waals surface area contributed by atoms with Gasteiger partial charge in [-0.15, -0.1) is 0 Å². The fourth-order valence-electron chi connectivity index (χ4n) is 3.14. The van der Waals surface area contributed by atoms with E-state index in [0.717, 1.165) is 28.0 Å². The number of aromatic amines is 1. The van der Waals surface area contributed by atoms with E-state index in [0.29, 0.717) is 5.56 Å². The lowest BCUT2D eigenvalue weighted by Crippen LogP contribution is -2.26. The summed E-state index contributed by atoms with van der Waals surface area (Å²) in [6.45, 7) is 1.92. The van der Waals surface area contributed by atoms with E-state index in [2.05, 4.69) is 9.97 Å². The SMILES string of the molecule is C[C@@H](N)c1ccc(C(=O)N(c2ccccc2)c2ccnc3[nH]ccc23)cc1. The first-order chi connectivity index (χ1) is 13.1. The molecule has 0 saturated heterocycles. The van der Waals surface area contributed by atoms with Crippen LogP contribution in [0.4, 0.5) is 11.4 Å². The minimum absolute atomic E-state index is 0.0703. The van der Waals surface area contributed by atoms with Gasteiger partial charge in [0.25, 0.3) is 5.91 Å². The van der Waals surface area contributed by atoms with Gasteiger partial charge >= 0.3 is 0 Å². The second kappa shape index (κ2) is 7.05. The maximum atomic E-state index is 13.5. The Labute approximate surface area is 157 Å². The molecule has 0 bridgehead atoms. The molecule has 0 aliphatic rings. The number of nitrogens with two attached hydrogens (primary N) is 1. The fourth-order valence-corrected chi connectivity index (χ4v) is 3.14. The third-order valence-corrected chi connectivity index (χ3v) is 4.58. The third-order valence-electron chi connectivity index (χ3n) is 4.58. The first-order valence-electron chi connectivity index (χ1n) is 8.82. The number of nitrogens with zero attached hydrogens (tertiary/aromatic N) is 2. The number of nitrogens with one attached hydrogen (secondary N) is 1. The summed E-state index contributed by atoms with van der Waals surface area (Å²) in [6, 6.07) is 20.8. The number of aromatic nitrogens is 2. The van der Waals surface area contributed by atoms with E-state index in [1.165, 1.54) is 0 Å². The highest BCUT2D eigenvalue weighted by Crippen LogP contribution is 2.32. The topological polar surface area (TPSA) is 75.0 Å². The number of benzene rings is 2. The van der Waals surface area contributed by atoms with Crippen LogP contribution >= 0.6 is 0 Å². The minimum Gasteiger partial charge on any atom is -0.346 e. The van der Waals surface area contributed by atoms with Gasteiger partial charge in [-0.1, -0.05) is 30.3 Å². The summed E-state index contributed by atoms with van der Waals surface area (Å²) in [5, 5.41) is 0.891. The zero-order valence-electron chi connectivity index (χ0n) is 15.0. The average Bonchev–Trinajstić information content (AvgIpc) is 3.19. The number of hydrogen-bond donors (Lipinski definition) is 2. The van der Waals surface area contributed by atoms with Crippen LogP contribution in [-0.4, -0.2) is 15.9 Å². The largest absolute Gasteiger partial charge is 0.346 e. The number of hydrogen-bond acceptors (Lipinski definition) is 3. The maximum absolute atomic E-state index is 13.5. The van der Waals surface area contributed by atoms with E-state index >= 15 is 0 Å². The summed E-state index contributed by atoms with van der Waals surface area (Å²) in [4.78, 5) is 22.6. The van der Waals surface area contributed by atoms with Crippen molar-refractivity contribution in [3.63, 3.8) is 0 Å². The van der Waals surface area contributed by atoms with Crippen LogP contribution in [-0.2, 0) is 0 Å². The van der Waals surface area contributed by atoms with Crippen molar-refractivity contribution < 1.29 is 4.79 Å². The molecule has 1 amide bonds. The van der Waals surface area contributed by atoms with E-state index < -0.39 is 0 Å². The number of para-hydroxylation sites is 1. The number of H-pyrrole nitrogens is 1. The molecule has 5 heteroatoms. The molecule has 0 spiro atoms. The number of carbonyl (C=O) groups excluding carboxylic acids is 1. The molecule has 134 valence electrons. The van der Waals surface area contributed by atoms with Crippen LogP contribution in [0.2, 0.25) is 0 Å². The Morgan fingerprint density at radius 3 is 2.48 bits per heavy atom. The summed E-state index contributed by atoms with van der Waals surface area (Å²) in [7, 11) is 0. The first-order valence-corrected chi connectivity index (χ1v) is 8.82. The lowest BCUT2D eigenvalue weighted by atomic mass is 10.1. The second-order valence-electron chi connectivity index (χ2n) is 6.46. The van der Waals surface area contributed by atoms with Crippen LogP contribution in [0.25, 0.3) is 11.0 Å². The standard InChI is InChI=1S/C22H20N4O/c1-15(23)16-7-9-17(10-8-16)22(27)26(18-5-3-2-4-6-18)20-12-14-25-21-19(20)11-13-24-21/h2-15H,23H2,1H3,(H,24,25)/t15-/m1/s1. The van der Waals surface area contributed by atoms with Crippen molar-refractivity contribution in [2.24, 2.45) is 5.73 Å². The summed E-state index contributed by atoms with van der Waals surface area (Å²) in [5.41, 5.74) is 9.85. The van der Waals surface area contributed by atoms with E-state index in [4.69, 9.17) is 5.73 Å². The second-order valence-corrected chi connectivity index (χ2v) is 6.46. The molecule has 0 saturated carbocycles. The van der Waals surface area contributed by atoms with Crippen molar-refractivity contribution in [3.05, 3.63) is 90.3 Å². The van der Waals surface area contributed by atoms with Gasteiger partial charge in [-0.05, 0) is 48.9 Å². The van der Waals surface area contributed by atoms with Crippen LogP contribution in [0, 0.1) is 0 Å². The average molecular weight is 356 g/mol. The monoisotopic (exact) mass is 356 g/mol. The molecule has 2 heterocycles. The van der Waals surface area contributed by atoms with Crippen LogP contribution in [0.15, 0.2) is 79.1 Å². The van der Waals surface area contributed by atoms with E-state index in [1.807, 2.05) is 79.9 Å². The highest BCUT2D eigenvalue weighted by molar-refractivity contribution is 6.14. The Kier molecular flexibility index (Phi) is 4.44. The molecule has 0 unspecified atom stereocenters. The third kappa shape index (κ3) is 3.20. The van der Waals surface area contributed by atoms with Gasteiger partial charge in [-0.2, -0.15) is 0 Å². The Hall–Kier alpha value is -3.44. The van der Waals surface area contributed by atoms with Crippen molar-refractivity contribution in [3.8, 4) is 0 Å². The van der Waals surface area contributed by atoms with E-state index in [9.17, 15) is 4.79 Å². The van der Waals surface area contributed by atoms with Gasteiger partial charge < -0.3 is 10.7 Å². The molecule has 1 atom stereocenters. The predicted octanol–water partition coefficient (Wildman–Crippen LogP) is 4.56. The molecule has 2 aromatic heterocycles. The highest BCUT2D eigenvalue weighted by atomic mass is 16.2. The number of carbonyl (C=O) groups is 1. The lowest BCUT2D eigenvalue weighted by molar-refractivity contribution is 0.0999. The molecule has 5 nitrogen and oxygen atoms in total. The number of anilines is 2. The Morgan fingerprint density at radius 1 is 1.04 bits per heavy atom. The van der Waals surface area contributed by atoms with E-state index in [1.54, 1.807) is 11.1 Å². The summed E-state index contributed by atoms with van der Waals surface area (Å²) >= 11 is 0. The fraction of sp³-hybridized carbons (Fsp3) is 0.0909. The van der Waals surface area contributed by atoms with Crippen LogP contribution in [0.5, 0.6) is 0 Å². The van der Waals surface area contributed by atoms with Gasteiger partial charge in [0, 0.05) is 35.1 Å². The van der Waals surface area contributed by atoms with Crippen molar-refractivity contribution in [2.45, 2.75) is 13.0 Å². The molecule has 0 aliphatic carbocycles. The van der Waals surface area contributed by atoms with E-state index in [-0.39, 0.29) is 11.9 Å². The zero-order chi connectivity index (χ0) is 18.8. The predicted molar refractivity (Wildman–Crippen MR) is 108 cm³/mol. The summed E-state index contributed by atoms with van der Waals surface area (Å²) < 4.78 is 0. The van der Waals surface area contributed by atoms with Gasteiger partial charge in [-0.25, -0.2) is 4.98 Å². The number of pyridine rings is 1. The van der Waals surface area contributed by atoms with Crippen molar-refractivity contribution >= 4 is 28.3 Å². The first kappa shape index (κ1) is 17.0. The van der Waals surface area contributed by atoms with Gasteiger partial charge in [0.2, 0.25) is 0 Å². The van der Waals surface area contributed by atoms with Crippen LogP contribution in [0.3, 0.4) is 0 Å². The van der Waals surface area contributed by atoms with Gasteiger partial charge in [0.15, 0.2) is 0 Å². The molecule has 0 aliphatic heterocycles. The lowest BCUT2D eigenvalue weighted by Gasteiger charge is -2.24. The molecule has 0 fully saturated rings. The van der Waals surface area contributed by atoms with Gasteiger partial charge in [0.1, 0.15) is 5.65 Å². The molecule has 0 radical (unpaired) electrons. The van der Waals surface area contributed by atoms with Crippen molar-refractivity contribution in [1.82, 2.24) is 9.97 Å². The van der Waals surface area contributed by atoms with Crippen molar-refractivity contribution in [2.75, 3.05) is 4.90 Å². The number of amides is 1. The smallest absolute Gasteiger partial charge is 0.262 e. The Balaban J connectivity index is 1.84. The Morgan fingerprint density at radius 2 is 1.78 bits per heavy atom. The highest BCUT2D eigenvalue weighted by Gasteiger charge is 2.22. The summed E-state index contributed by atoms with van der Waals surface area (Å²) in [5.74, 6) is -0.105. The zero-order valence-corrected chi connectivity index (χ0v) is 15.0. The van der Waals surface area contributed by atoms with Crippen LogP contribution in [0.1, 0.15) is 28.9 Å². The van der Waals surface area contributed by atoms with Gasteiger partial charge in [0.05, 0.1) is 5.69 Å². The number of fused-ring (bicyclic) bond motifs is 1. The minimum atomic E-state index is -0.105. The van der Waals surface area contributed by atoms with Crippen molar-refractivity contribution in [1.29, 1.82) is 0 Å². The molecule has 4 aromatic rings. The quantitative estimate of drug-likeness (QED) is 0.563. The molecule has 27 heavy (non-hydrogen) atoms. The maximum Gasteiger partial charge on any atom is 0.262 e. The molecule has 3 N–H and O–H groups in total.